The number of hydrogen-bond acceptors (Lipinski definition) is 4. The Labute approximate surface area is 122 Å². The van der Waals surface area contributed by atoms with Crippen molar-refractivity contribution in [1.29, 1.82) is 0 Å². The Hall–Kier alpha value is -0.160. The standard InChI is InChI=1S/C16H30O4/c1-6-11(17)15(4)9-8-13(20-15)16(5)10-7-12(19-16)14(2,3)18/h11-13,17-18H,6-10H2,1-5H3/t11?,12-,13+,15-,16+/m1/s1. The lowest BCUT2D eigenvalue weighted by atomic mass is 9.90. The summed E-state index contributed by atoms with van der Waals surface area (Å²) >= 11 is 0. The van der Waals surface area contributed by atoms with Crippen molar-refractivity contribution in [2.45, 2.75) is 102 Å². The first kappa shape index (κ1) is 16.2. The summed E-state index contributed by atoms with van der Waals surface area (Å²) in [6, 6.07) is 0. The van der Waals surface area contributed by atoms with Crippen LogP contribution in [-0.2, 0) is 9.47 Å². The monoisotopic (exact) mass is 286 g/mol. The highest BCUT2D eigenvalue weighted by atomic mass is 16.6. The summed E-state index contributed by atoms with van der Waals surface area (Å²) in [7, 11) is 0. The predicted molar refractivity (Wildman–Crippen MR) is 77.6 cm³/mol. The van der Waals surface area contributed by atoms with E-state index in [2.05, 4.69) is 6.92 Å². The van der Waals surface area contributed by atoms with Crippen LogP contribution in [0, 0.1) is 0 Å². The summed E-state index contributed by atoms with van der Waals surface area (Å²) in [5.74, 6) is 0. The highest BCUT2D eigenvalue weighted by molar-refractivity contribution is 5.02. The Morgan fingerprint density at radius 2 is 1.85 bits per heavy atom. The number of rotatable bonds is 4. The summed E-state index contributed by atoms with van der Waals surface area (Å²) in [6.45, 7) is 9.64. The Bertz CT molecular complexity index is 351. The fraction of sp³-hybridized carbons (Fsp3) is 1.00. The van der Waals surface area contributed by atoms with Gasteiger partial charge in [-0.1, -0.05) is 6.92 Å². The third-order valence-electron chi connectivity index (χ3n) is 5.19. The van der Waals surface area contributed by atoms with Crippen molar-refractivity contribution in [3.63, 3.8) is 0 Å². The van der Waals surface area contributed by atoms with Crippen LogP contribution < -0.4 is 0 Å². The smallest absolute Gasteiger partial charge is 0.0921 e. The molecular formula is C16H30O4. The Balaban J connectivity index is 2.04. The minimum atomic E-state index is -0.817. The largest absolute Gasteiger partial charge is 0.390 e. The lowest BCUT2D eigenvalue weighted by molar-refractivity contribution is -0.189. The van der Waals surface area contributed by atoms with Crippen molar-refractivity contribution in [2.75, 3.05) is 0 Å². The predicted octanol–water partition coefficient (Wildman–Crippen LogP) is 2.40. The zero-order valence-electron chi connectivity index (χ0n) is 13.5. The van der Waals surface area contributed by atoms with Gasteiger partial charge in [-0.05, 0) is 59.8 Å². The fourth-order valence-electron chi connectivity index (χ4n) is 3.56. The van der Waals surface area contributed by atoms with Crippen LogP contribution in [0.5, 0.6) is 0 Å². The van der Waals surface area contributed by atoms with Gasteiger partial charge in [0.1, 0.15) is 0 Å². The minimum absolute atomic E-state index is 0.000972. The van der Waals surface area contributed by atoms with Crippen molar-refractivity contribution < 1.29 is 19.7 Å². The SMILES string of the molecule is CCC(O)[C@@]1(C)CC[C@@H]([C@]2(C)CC[C@H](C(C)(C)O)O2)O1. The van der Waals surface area contributed by atoms with E-state index in [-0.39, 0.29) is 17.8 Å². The molecule has 2 N–H and O–H groups in total. The molecule has 4 nitrogen and oxygen atoms in total. The molecule has 0 bridgehead atoms. The zero-order valence-corrected chi connectivity index (χ0v) is 13.5. The molecule has 2 saturated heterocycles. The van der Waals surface area contributed by atoms with Crippen LogP contribution in [0.1, 0.15) is 66.7 Å². The van der Waals surface area contributed by atoms with Crippen molar-refractivity contribution in [3.8, 4) is 0 Å². The molecule has 0 aliphatic carbocycles. The highest BCUT2D eigenvalue weighted by Crippen LogP contribution is 2.45. The third kappa shape index (κ3) is 2.89. The number of aliphatic hydroxyl groups is 2. The molecule has 1 unspecified atom stereocenters. The average Bonchev–Trinajstić information content (AvgIpc) is 2.93. The lowest BCUT2D eigenvalue weighted by Gasteiger charge is -2.36. The van der Waals surface area contributed by atoms with Gasteiger partial charge >= 0.3 is 0 Å². The first-order valence-electron chi connectivity index (χ1n) is 7.87. The molecule has 0 radical (unpaired) electrons. The van der Waals surface area contributed by atoms with Crippen molar-refractivity contribution in [3.05, 3.63) is 0 Å². The van der Waals surface area contributed by atoms with E-state index in [0.717, 1.165) is 25.7 Å². The Kier molecular flexibility index (Phi) is 4.25. The molecule has 0 aromatic carbocycles. The van der Waals surface area contributed by atoms with Gasteiger partial charge in [-0.25, -0.2) is 0 Å². The molecular weight excluding hydrogens is 256 g/mol. The van der Waals surface area contributed by atoms with Gasteiger partial charge in [-0.3, -0.25) is 0 Å². The van der Waals surface area contributed by atoms with Gasteiger partial charge in [0.15, 0.2) is 0 Å². The molecule has 0 aromatic heterocycles. The minimum Gasteiger partial charge on any atom is -0.390 e. The molecule has 0 aromatic rings. The molecule has 2 fully saturated rings. The van der Waals surface area contributed by atoms with Crippen LogP contribution in [0.15, 0.2) is 0 Å². The van der Waals surface area contributed by atoms with Crippen LogP contribution in [0.25, 0.3) is 0 Å². The van der Waals surface area contributed by atoms with Gasteiger partial charge < -0.3 is 19.7 Å². The van der Waals surface area contributed by atoms with Gasteiger partial charge in [0.25, 0.3) is 0 Å². The maximum Gasteiger partial charge on any atom is 0.0921 e. The van der Waals surface area contributed by atoms with Crippen LogP contribution in [-0.4, -0.2) is 45.3 Å². The molecule has 0 saturated carbocycles. The van der Waals surface area contributed by atoms with Gasteiger partial charge in [0, 0.05) is 0 Å². The van der Waals surface area contributed by atoms with Gasteiger partial charge in [-0.2, -0.15) is 0 Å². The Morgan fingerprint density at radius 1 is 1.20 bits per heavy atom. The van der Waals surface area contributed by atoms with Gasteiger partial charge in [0.05, 0.1) is 35.1 Å². The van der Waals surface area contributed by atoms with E-state index in [1.165, 1.54) is 0 Å². The van der Waals surface area contributed by atoms with Crippen LogP contribution in [0.2, 0.25) is 0 Å². The van der Waals surface area contributed by atoms with Crippen molar-refractivity contribution in [1.82, 2.24) is 0 Å². The topological polar surface area (TPSA) is 58.9 Å². The molecule has 4 heteroatoms. The van der Waals surface area contributed by atoms with Crippen LogP contribution >= 0.6 is 0 Å². The van der Waals surface area contributed by atoms with E-state index in [0.29, 0.717) is 6.42 Å². The van der Waals surface area contributed by atoms with Gasteiger partial charge in [0.2, 0.25) is 0 Å². The second-order valence-corrected chi connectivity index (χ2v) is 7.49. The van der Waals surface area contributed by atoms with E-state index in [1.807, 2.05) is 13.8 Å². The molecule has 0 amide bonds. The maximum absolute atomic E-state index is 10.1. The Morgan fingerprint density at radius 3 is 2.35 bits per heavy atom. The first-order valence-corrected chi connectivity index (χ1v) is 7.87. The van der Waals surface area contributed by atoms with Gasteiger partial charge in [-0.15, -0.1) is 0 Å². The second kappa shape index (κ2) is 5.24. The molecule has 2 aliphatic heterocycles. The van der Waals surface area contributed by atoms with Crippen molar-refractivity contribution in [2.24, 2.45) is 0 Å². The molecule has 118 valence electrons. The molecule has 0 spiro atoms. The zero-order chi connectivity index (χ0) is 15.2. The second-order valence-electron chi connectivity index (χ2n) is 7.49. The quantitative estimate of drug-likeness (QED) is 0.833. The molecule has 2 heterocycles. The third-order valence-corrected chi connectivity index (χ3v) is 5.19. The van der Waals surface area contributed by atoms with Crippen LogP contribution in [0.4, 0.5) is 0 Å². The van der Waals surface area contributed by atoms with Crippen LogP contribution in [0.3, 0.4) is 0 Å². The summed E-state index contributed by atoms with van der Waals surface area (Å²) in [6.07, 6.45) is 3.65. The lowest BCUT2D eigenvalue weighted by Crippen LogP contribution is -2.46. The van der Waals surface area contributed by atoms with Crippen molar-refractivity contribution >= 4 is 0 Å². The van der Waals surface area contributed by atoms with E-state index in [1.54, 1.807) is 13.8 Å². The van der Waals surface area contributed by atoms with E-state index >= 15 is 0 Å². The average molecular weight is 286 g/mol. The fourth-order valence-corrected chi connectivity index (χ4v) is 3.56. The summed E-state index contributed by atoms with van der Waals surface area (Å²) in [5.41, 5.74) is -1.63. The molecule has 2 rings (SSSR count). The molecule has 20 heavy (non-hydrogen) atoms. The number of aliphatic hydroxyl groups excluding tert-OH is 1. The maximum atomic E-state index is 10.1. The first-order chi connectivity index (χ1) is 9.11. The highest BCUT2D eigenvalue weighted by Gasteiger charge is 2.53. The molecule has 5 atom stereocenters. The normalized spacial score (nSPS) is 44.0. The van der Waals surface area contributed by atoms with E-state index in [4.69, 9.17) is 9.47 Å². The number of ether oxygens (including phenoxy) is 2. The van der Waals surface area contributed by atoms with E-state index in [9.17, 15) is 10.2 Å². The van der Waals surface area contributed by atoms with E-state index < -0.39 is 17.3 Å². The summed E-state index contributed by atoms with van der Waals surface area (Å²) in [4.78, 5) is 0. The number of hydrogen-bond donors (Lipinski definition) is 2. The summed E-state index contributed by atoms with van der Waals surface area (Å²) < 4.78 is 12.3. The molecule has 2 aliphatic rings. The summed E-state index contributed by atoms with van der Waals surface area (Å²) in [5, 5.41) is 20.3.